The standard InChI is InChI=1S/C31H33N3O3/c1-2-37-30(36)27-4-3-5-28(34-27)32-25-10-6-23(7-11-25)29(35)33-26-12-8-24(9-13-26)31-17-20-14-21(18-31)16-22(15-20)19-31/h3-13,20-22H,2,14-19H2,1H3,(H,32,34)(H,33,35). The number of amides is 1. The Kier molecular flexibility index (Phi) is 6.19. The number of esters is 1. The van der Waals surface area contributed by atoms with Gasteiger partial charge in [-0.15, -0.1) is 0 Å². The molecule has 1 amide bonds. The van der Waals surface area contributed by atoms with Crippen molar-refractivity contribution in [3.63, 3.8) is 0 Å². The first-order valence-electron chi connectivity index (χ1n) is 13.4. The Labute approximate surface area is 217 Å². The van der Waals surface area contributed by atoms with E-state index in [-0.39, 0.29) is 11.6 Å². The number of pyridine rings is 1. The topological polar surface area (TPSA) is 80.3 Å². The molecule has 7 rings (SSSR count). The number of nitrogens with zero attached hydrogens (tertiary/aromatic N) is 1. The summed E-state index contributed by atoms with van der Waals surface area (Å²) in [6.45, 7) is 2.06. The van der Waals surface area contributed by atoms with Gasteiger partial charge < -0.3 is 15.4 Å². The lowest BCUT2D eigenvalue weighted by molar-refractivity contribution is -0.00518. The smallest absolute Gasteiger partial charge is 0.356 e. The highest BCUT2D eigenvalue weighted by atomic mass is 16.5. The largest absolute Gasteiger partial charge is 0.461 e. The van der Waals surface area contributed by atoms with Gasteiger partial charge >= 0.3 is 5.97 Å². The number of benzene rings is 2. The van der Waals surface area contributed by atoms with Gasteiger partial charge in [-0.1, -0.05) is 18.2 Å². The lowest BCUT2D eigenvalue weighted by atomic mass is 9.48. The summed E-state index contributed by atoms with van der Waals surface area (Å²) in [4.78, 5) is 29.1. The molecule has 190 valence electrons. The van der Waals surface area contributed by atoms with Gasteiger partial charge in [0.1, 0.15) is 5.82 Å². The Balaban J connectivity index is 1.08. The Morgan fingerprint density at radius 3 is 2.11 bits per heavy atom. The number of anilines is 3. The molecule has 0 saturated heterocycles. The van der Waals surface area contributed by atoms with Gasteiger partial charge in [0.15, 0.2) is 5.69 Å². The van der Waals surface area contributed by atoms with E-state index in [1.807, 2.05) is 12.1 Å². The van der Waals surface area contributed by atoms with Gasteiger partial charge in [-0.05, 0) is 123 Å². The fourth-order valence-electron chi connectivity index (χ4n) is 7.25. The van der Waals surface area contributed by atoms with Crippen LogP contribution in [0.1, 0.15) is 71.9 Å². The summed E-state index contributed by atoms with van der Waals surface area (Å²) < 4.78 is 5.01. The summed E-state index contributed by atoms with van der Waals surface area (Å²) >= 11 is 0. The van der Waals surface area contributed by atoms with E-state index < -0.39 is 5.97 Å². The van der Waals surface area contributed by atoms with Crippen LogP contribution in [0.15, 0.2) is 66.7 Å². The predicted molar refractivity (Wildman–Crippen MR) is 144 cm³/mol. The molecule has 4 aliphatic rings. The highest BCUT2D eigenvalue weighted by Gasteiger charge is 2.51. The van der Waals surface area contributed by atoms with Gasteiger partial charge in [-0.2, -0.15) is 0 Å². The third kappa shape index (κ3) is 4.85. The molecule has 2 N–H and O–H groups in total. The molecular formula is C31H33N3O3. The second-order valence-electron chi connectivity index (χ2n) is 11.1. The molecule has 0 unspecified atom stereocenters. The molecule has 37 heavy (non-hydrogen) atoms. The molecule has 6 heteroatoms. The van der Waals surface area contributed by atoms with Gasteiger partial charge in [0.25, 0.3) is 5.91 Å². The lowest BCUT2D eigenvalue weighted by Crippen LogP contribution is -2.48. The summed E-state index contributed by atoms with van der Waals surface area (Å²) in [6, 6.07) is 20.9. The van der Waals surface area contributed by atoms with E-state index in [1.54, 1.807) is 37.3 Å². The zero-order valence-corrected chi connectivity index (χ0v) is 21.2. The molecule has 0 aliphatic heterocycles. The average Bonchev–Trinajstić information content (AvgIpc) is 2.89. The van der Waals surface area contributed by atoms with Gasteiger partial charge in [0.05, 0.1) is 6.61 Å². The lowest BCUT2D eigenvalue weighted by Gasteiger charge is -2.57. The quantitative estimate of drug-likeness (QED) is 0.356. The molecule has 4 fully saturated rings. The molecule has 1 aromatic heterocycles. The molecular weight excluding hydrogens is 462 g/mol. The minimum atomic E-state index is -0.455. The number of ether oxygens (including phenoxy) is 1. The number of aromatic nitrogens is 1. The van der Waals surface area contributed by atoms with Crippen LogP contribution in [0.3, 0.4) is 0 Å². The zero-order chi connectivity index (χ0) is 25.4. The number of hydrogen-bond donors (Lipinski definition) is 2. The Morgan fingerprint density at radius 1 is 0.865 bits per heavy atom. The monoisotopic (exact) mass is 495 g/mol. The van der Waals surface area contributed by atoms with E-state index in [1.165, 1.54) is 44.1 Å². The Bertz CT molecular complexity index is 1260. The number of carbonyl (C=O) groups excluding carboxylic acids is 2. The Hall–Kier alpha value is -3.67. The molecule has 0 spiro atoms. The van der Waals surface area contributed by atoms with E-state index in [9.17, 15) is 9.59 Å². The van der Waals surface area contributed by atoms with E-state index in [0.717, 1.165) is 29.1 Å². The van der Waals surface area contributed by atoms with Crippen molar-refractivity contribution in [1.29, 1.82) is 0 Å². The van der Waals surface area contributed by atoms with E-state index in [2.05, 4.69) is 39.9 Å². The third-order valence-corrected chi connectivity index (χ3v) is 8.45. The van der Waals surface area contributed by atoms with Crippen molar-refractivity contribution in [2.24, 2.45) is 17.8 Å². The molecule has 3 aromatic rings. The summed E-state index contributed by atoms with van der Waals surface area (Å²) in [6.07, 6.45) is 8.35. The van der Waals surface area contributed by atoms with Gasteiger partial charge in [-0.25, -0.2) is 9.78 Å². The summed E-state index contributed by atoms with van der Waals surface area (Å²) in [5.41, 5.74) is 4.23. The maximum Gasteiger partial charge on any atom is 0.356 e. The molecule has 2 aromatic carbocycles. The highest BCUT2D eigenvalue weighted by Crippen LogP contribution is 2.60. The summed E-state index contributed by atoms with van der Waals surface area (Å²) in [5, 5.41) is 6.20. The van der Waals surface area contributed by atoms with Crippen molar-refractivity contribution >= 4 is 29.1 Å². The van der Waals surface area contributed by atoms with Crippen LogP contribution >= 0.6 is 0 Å². The number of rotatable bonds is 7. The first kappa shape index (κ1) is 23.7. The van der Waals surface area contributed by atoms with Gasteiger partial charge in [-0.3, -0.25) is 4.79 Å². The first-order valence-corrected chi connectivity index (χ1v) is 13.4. The predicted octanol–water partition coefficient (Wildman–Crippen LogP) is 6.72. The molecule has 4 bridgehead atoms. The SMILES string of the molecule is CCOC(=O)c1cccc(Nc2ccc(C(=O)Nc3ccc(C45CC6CC(CC(C6)C4)C5)cc3)cc2)n1. The normalized spacial score (nSPS) is 25.5. The second-order valence-corrected chi connectivity index (χ2v) is 11.1. The van der Waals surface area contributed by atoms with E-state index in [4.69, 9.17) is 4.74 Å². The molecule has 0 radical (unpaired) electrons. The van der Waals surface area contributed by atoms with E-state index in [0.29, 0.717) is 23.4 Å². The van der Waals surface area contributed by atoms with Crippen LogP contribution in [0, 0.1) is 17.8 Å². The number of carbonyl (C=O) groups is 2. The maximum absolute atomic E-state index is 12.9. The van der Waals surface area contributed by atoms with Crippen molar-refractivity contribution in [3.05, 3.63) is 83.6 Å². The fourth-order valence-corrected chi connectivity index (χ4v) is 7.25. The summed E-state index contributed by atoms with van der Waals surface area (Å²) in [7, 11) is 0. The molecule has 4 aliphatic carbocycles. The minimum absolute atomic E-state index is 0.142. The van der Waals surface area contributed by atoms with Crippen LogP contribution < -0.4 is 10.6 Å². The first-order chi connectivity index (χ1) is 18.0. The second kappa shape index (κ2) is 9.66. The molecule has 4 saturated carbocycles. The van der Waals surface area contributed by atoms with Crippen LogP contribution in [0.2, 0.25) is 0 Å². The van der Waals surface area contributed by atoms with Gasteiger partial charge in [0.2, 0.25) is 0 Å². The minimum Gasteiger partial charge on any atom is -0.461 e. The molecule has 1 heterocycles. The Morgan fingerprint density at radius 2 is 1.49 bits per heavy atom. The number of nitrogens with one attached hydrogen (secondary N) is 2. The van der Waals surface area contributed by atoms with E-state index >= 15 is 0 Å². The molecule has 6 nitrogen and oxygen atoms in total. The highest BCUT2D eigenvalue weighted by molar-refractivity contribution is 6.04. The maximum atomic E-state index is 12.9. The van der Waals surface area contributed by atoms with Crippen LogP contribution in [0.4, 0.5) is 17.2 Å². The van der Waals surface area contributed by atoms with Crippen LogP contribution in [0.5, 0.6) is 0 Å². The van der Waals surface area contributed by atoms with Crippen molar-refractivity contribution in [2.75, 3.05) is 17.2 Å². The summed E-state index contributed by atoms with van der Waals surface area (Å²) in [5.74, 6) is 2.68. The van der Waals surface area contributed by atoms with Crippen molar-refractivity contribution < 1.29 is 14.3 Å². The number of hydrogen-bond acceptors (Lipinski definition) is 5. The zero-order valence-electron chi connectivity index (χ0n) is 21.2. The average molecular weight is 496 g/mol. The van der Waals surface area contributed by atoms with Crippen molar-refractivity contribution in [1.82, 2.24) is 4.98 Å². The molecule has 0 atom stereocenters. The van der Waals surface area contributed by atoms with Crippen molar-refractivity contribution in [2.45, 2.75) is 50.9 Å². The fraction of sp³-hybridized carbons (Fsp3) is 0.387. The van der Waals surface area contributed by atoms with Crippen LogP contribution in [-0.4, -0.2) is 23.5 Å². The van der Waals surface area contributed by atoms with Gasteiger partial charge in [0, 0.05) is 16.9 Å². The van der Waals surface area contributed by atoms with Crippen molar-refractivity contribution in [3.8, 4) is 0 Å². The third-order valence-electron chi connectivity index (χ3n) is 8.45. The van der Waals surface area contributed by atoms with Crippen LogP contribution in [-0.2, 0) is 10.2 Å². The van der Waals surface area contributed by atoms with Crippen LogP contribution in [0.25, 0.3) is 0 Å².